The summed E-state index contributed by atoms with van der Waals surface area (Å²) in [5.74, 6) is -0.680. The molecular weight excluding hydrogens is 282 g/mol. The number of carboxylic acid groups (broad SMARTS) is 1. The van der Waals surface area contributed by atoms with Crippen LogP contribution in [0.5, 0.6) is 0 Å². The number of benzene rings is 1. The molecule has 0 spiro atoms. The lowest BCUT2D eigenvalue weighted by molar-refractivity contribution is -0.146. The molecule has 1 fully saturated rings. The molecule has 1 aliphatic rings. The van der Waals surface area contributed by atoms with E-state index in [1.54, 1.807) is 11.3 Å². The fourth-order valence-electron chi connectivity index (χ4n) is 3.10. The molecule has 1 aliphatic heterocycles. The molecule has 110 valence electrons. The van der Waals surface area contributed by atoms with Gasteiger partial charge in [-0.1, -0.05) is 30.3 Å². The molecule has 0 unspecified atom stereocenters. The van der Waals surface area contributed by atoms with Crippen molar-refractivity contribution in [1.29, 1.82) is 0 Å². The van der Waals surface area contributed by atoms with Crippen molar-refractivity contribution < 1.29 is 9.90 Å². The van der Waals surface area contributed by atoms with Gasteiger partial charge in [0, 0.05) is 6.54 Å². The van der Waals surface area contributed by atoms with Crippen LogP contribution >= 0.6 is 11.3 Å². The van der Waals surface area contributed by atoms with Crippen LogP contribution in [0, 0.1) is 0 Å². The second kappa shape index (κ2) is 6.00. The van der Waals surface area contributed by atoms with E-state index in [0.717, 1.165) is 25.2 Å². The first-order valence-corrected chi connectivity index (χ1v) is 8.17. The molecule has 0 radical (unpaired) electrons. The van der Waals surface area contributed by atoms with Gasteiger partial charge in [-0.2, -0.15) is 11.3 Å². The Kier molecular flexibility index (Phi) is 4.08. The summed E-state index contributed by atoms with van der Waals surface area (Å²) in [5, 5.41) is 13.7. The monoisotopic (exact) mass is 301 g/mol. The highest BCUT2D eigenvalue weighted by Crippen LogP contribution is 2.37. The summed E-state index contributed by atoms with van der Waals surface area (Å²) in [5.41, 5.74) is 1.57. The topological polar surface area (TPSA) is 40.5 Å². The van der Waals surface area contributed by atoms with Gasteiger partial charge in [0.05, 0.1) is 5.41 Å². The number of hydrogen-bond donors (Lipinski definition) is 1. The van der Waals surface area contributed by atoms with Crippen LogP contribution in [0.15, 0.2) is 47.2 Å². The van der Waals surface area contributed by atoms with E-state index in [0.29, 0.717) is 12.8 Å². The van der Waals surface area contributed by atoms with Crippen molar-refractivity contribution in [2.24, 2.45) is 0 Å². The fraction of sp³-hybridized carbons (Fsp3) is 0.353. The van der Waals surface area contributed by atoms with Gasteiger partial charge in [-0.25, -0.2) is 0 Å². The lowest BCUT2D eigenvalue weighted by Crippen LogP contribution is -2.46. The Labute approximate surface area is 128 Å². The number of rotatable bonds is 4. The van der Waals surface area contributed by atoms with E-state index < -0.39 is 11.4 Å². The standard InChI is InChI=1S/C17H19NO2S/c19-16(20)17(15-6-11-21-13-15)7-9-18(10-8-17)12-14-4-2-1-3-5-14/h1-6,11,13H,7-10,12H2,(H,19,20). The first kappa shape index (κ1) is 14.3. The summed E-state index contributed by atoms with van der Waals surface area (Å²) >= 11 is 1.58. The van der Waals surface area contributed by atoms with Crippen LogP contribution in [-0.4, -0.2) is 29.1 Å². The van der Waals surface area contributed by atoms with Crippen molar-refractivity contribution in [3.63, 3.8) is 0 Å². The van der Waals surface area contributed by atoms with Gasteiger partial charge in [0.25, 0.3) is 0 Å². The third kappa shape index (κ3) is 2.87. The van der Waals surface area contributed by atoms with Crippen molar-refractivity contribution in [3.8, 4) is 0 Å². The minimum Gasteiger partial charge on any atom is -0.481 e. The SMILES string of the molecule is O=C(O)C1(c2ccsc2)CCN(Cc2ccccc2)CC1. The molecule has 1 aromatic carbocycles. The number of carbonyl (C=O) groups is 1. The summed E-state index contributed by atoms with van der Waals surface area (Å²) in [6.45, 7) is 2.56. The van der Waals surface area contributed by atoms with E-state index in [1.165, 1.54) is 5.56 Å². The Morgan fingerprint density at radius 1 is 1.19 bits per heavy atom. The van der Waals surface area contributed by atoms with E-state index in [9.17, 15) is 9.90 Å². The molecule has 1 aromatic heterocycles. The molecule has 2 aromatic rings. The lowest BCUT2D eigenvalue weighted by Gasteiger charge is -2.38. The van der Waals surface area contributed by atoms with Crippen LogP contribution in [0.3, 0.4) is 0 Å². The zero-order chi connectivity index (χ0) is 14.7. The van der Waals surface area contributed by atoms with Crippen LogP contribution in [0.25, 0.3) is 0 Å². The van der Waals surface area contributed by atoms with E-state index in [4.69, 9.17) is 0 Å². The van der Waals surface area contributed by atoms with Gasteiger partial charge in [-0.15, -0.1) is 0 Å². The quantitative estimate of drug-likeness (QED) is 0.941. The first-order valence-electron chi connectivity index (χ1n) is 7.23. The first-order chi connectivity index (χ1) is 10.2. The summed E-state index contributed by atoms with van der Waals surface area (Å²) in [6.07, 6.45) is 1.37. The minimum absolute atomic E-state index is 0.680. The average Bonchev–Trinajstić information content (AvgIpc) is 3.04. The van der Waals surface area contributed by atoms with Gasteiger partial charge >= 0.3 is 5.97 Å². The second-order valence-corrected chi connectivity index (χ2v) is 6.44. The number of carboxylic acids is 1. The number of aliphatic carboxylic acids is 1. The highest BCUT2D eigenvalue weighted by molar-refractivity contribution is 7.08. The maximum absolute atomic E-state index is 11.8. The molecule has 3 nitrogen and oxygen atoms in total. The summed E-state index contributed by atoms with van der Waals surface area (Å²) in [7, 11) is 0. The van der Waals surface area contributed by atoms with Crippen molar-refractivity contribution in [2.45, 2.75) is 24.8 Å². The molecular formula is C17H19NO2S. The average molecular weight is 301 g/mol. The van der Waals surface area contributed by atoms with Crippen molar-refractivity contribution in [1.82, 2.24) is 4.90 Å². The van der Waals surface area contributed by atoms with Gasteiger partial charge in [0.1, 0.15) is 0 Å². The molecule has 3 rings (SSSR count). The maximum atomic E-state index is 11.8. The third-order valence-electron chi connectivity index (χ3n) is 4.44. The maximum Gasteiger partial charge on any atom is 0.314 e. The Morgan fingerprint density at radius 3 is 2.48 bits per heavy atom. The Morgan fingerprint density at radius 2 is 1.90 bits per heavy atom. The Bertz CT molecular complexity index is 587. The molecule has 21 heavy (non-hydrogen) atoms. The highest BCUT2D eigenvalue weighted by Gasteiger charge is 2.43. The minimum atomic E-state index is -0.687. The van der Waals surface area contributed by atoms with Gasteiger partial charge in [-0.05, 0) is 53.9 Å². The van der Waals surface area contributed by atoms with Gasteiger partial charge < -0.3 is 5.11 Å². The molecule has 4 heteroatoms. The summed E-state index contributed by atoms with van der Waals surface area (Å²) < 4.78 is 0. The molecule has 2 heterocycles. The number of thiophene rings is 1. The van der Waals surface area contributed by atoms with Crippen molar-refractivity contribution in [3.05, 3.63) is 58.3 Å². The number of hydrogen-bond acceptors (Lipinski definition) is 3. The van der Waals surface area contributed by atoms with Gasteiger partial charge in [0.15, 0.2) is 0 Å². The van der Waals surface area contributed by atoms with E-state index >= 15 is 0 Å². The smallest absolute Gasteiger partial charge is 0.314 e. The second-order valence-electron chi connectivity index (χ2n) is 5.66. The Hall–Kier alpha value is -1.65. The largest absolute Gasteiger partial charge is 0.481 e. The highest BCUT2D eigenvalue weighted by atomic mass is 32.1. The van der Waals surface area contributed by atoms with Crippen LogP contribution in [0.2, 0.25) is 0 Å². The molecule has 0 atom stereocenters. The predicted molar refractivity (Wildman–Crippen MR) is 84.6 cm³/mol. The molecule has 1 N–H and O–H groups in total. The number of piperidine rings is 1. The van der Waals surface area contributed by atoms with Crippen LogP contribution in [0.4, 0.5) is 0 Å². The molecule has 0 saturated carbocycles. The van der Waals surface area contributed by atoms with Gasteiger partial charge in [-0.3, -0.25) is 9.69 Å². The fourth-order valence-corrected chi connectivity index (χ4v) is 3.85. The normalized spacial score (nSPS) is 18.5. The predicted octanol–water partition coefficient (Wildman–Crippen LogP) is 3.37. The summed E-state index contributed by atoms with van der Waals surface area (Å²) in [6, 6.07) is 12.3. The number of nitrogens with zero attached hydrogens (tertiary/aromatic N) is 1. The van der Waals surface area contributed by atoms with Crippen molar-refractivity contribution in [2.75, 3.05) is 13.1 Å². The third-order valence-corrected chi connectivity index (χ3v) is 5.13. The van der Waals surface area contributed by atoms with E-state index in [-0.39, 0.29) is 0 Å². The molecule has 0 bridgehead atoms. The molecule has 0 amide bonds. The van der Waals surface area contributed by atoms with Crippen LogP contribution in [-0.2, 0) is 16.8 Å². The molecule has 1 saturated heterocycles. The van der Waals surface area contributed by atoms with E-state index in [1.807, 2.05) is 35.0 Å². The van der Waals surface area contributed by atoms with Crippen LogP contribution in [0.1, 0.15) is 24.0 Å². The summed E-state index contributed by atoms with van der Waals surface area (Å²) in [4.78, 5) is 14.2. The van der Waals surface area contributed by atoms with E-state index in [2.05, 4.69) is 17.0 Å². The van der Waals surface area contributed by atoms with Gasteiger partial charge in [0.2, 0.25) is 0 Å². The zero-order valence-corrected chi connectivity index (χ0v) is 12.7. The zero-order valence-electron chi connectivity index (χ0n) is 11.9. The number of likely N-dealkylation sites (tertiary alicyclic amines) is 1. The molecule has 0 aliphatic carbocycles. The Balaban J connectivity index is 1.70. The van der Waals surface area contributed by atoms with Crippen molar-refractivity contribution >= 4 is 17.3 Å². The lowest BCUT2D eigenvalue weighted by atomic mass is 9.74. The van der Waals surface area contributed by atoms with Crippen LogP contribution < -0.4 is 0 Å².